The maximum Gasteiger partial charge on any atom is 0.361 e. The summed E-state index contributed by atoms with van der Waals surface area (Å²) >= 11 is 0. The molecule has 0 aromatic carbocycles. The fourth-order valence-electron chi connectivity index (χ4n) is 9.06. The number of hydrogen-bond acceptors (Lipinski definition) is 7. The van der Waals surface area contributed by atoms with Crippen molar-refractivity contribution in [3.05, 3.63) is 158 Å². The minimum absolute atomic E-state index is 0.176. The normalized spacial score (nSPS) is 13.7. The van der Waals surface area contributed by atoms with Gasteiger partial charge in [0.2, 0.25) is 0 Å². The van der Waals surface area contributed by atoms with E-state index in [9.17, 15) is 19.5 Å². The number of likely N-dealkylation sites (N-methyl/N-ethyl adjacent to an activating group) is 1. The van der Waals surface area contributed by atoms with Gasteiger partial charge in [0.15, 0.2) is 6.10 Å². The predicted molar refractivity (Wildman–Crippen MR) is 373 cm³/mol. The van der Waals surface area contributed by atoms with Crippen molar-refractivity contribution in [2.24, 2.45) is 0 Å². The van der Waals surface area contributed by atoms with E-state index >= 15 is 0 Å². The lowest BCUT2D eigenvalue weighted by Crippen LogP contribution is -2.40. The van der Waals surface area contributed by atoms with Crippen molar-refractivity contribution in [2.75, 3.05) is 47.5 Å². The average Bonchev–Trinajstić information content (AvgIpc) is 3.56. The van der Waals surface area contributed by atoms with Crippen LogP contribution in [-0.4, -0.2) is 87.4 Å². The Bertz CT molecular complexity index is 1990. The number of carbonyl (C=O) groups is 3. The first kappa shape index (κ1) is 81.9. The van der Waals surface area contributed by atoms with Crippen LogP contribution < -0.4 is 0 Å². The molecule has 0 aliphatic carbocycles. The van der Waals surface area contributed by atoms with E-state index in [1.165, 1.54) is 89.9 Å². The van der Waals surface area contributed by atoms with Crippen molar-refractivity contribution in [3.8, 4) is 0 Å². The van der Waals surface area contributed by atoms with E-state index < -0.39 is 24.3 Å². The first-order valence-electron chi connectivity index (χ1n) is 34.6. The van der Waals surface area contributed by atoms with E-state index in [4.69, 9.17) is 18.9 Å². The third-order valence-electron chi connectivity index (χ3n) is 14.3. The number of esters is 2. The Labute approximate surface area is 534 Å². The smallest absolute Gasteiger partial charge is 0.361 e. The van der Waals surface area contributed by atoms with Gasteiger partial charge in [-0.1, -0.05) is 281 Å². The van der Waals surface area contributed by atoms with Gasteiger partial charge in [0.1, 0.15) is 13.2 Å². The quantitative estimate of drug-likeness (QED) is 0.0211. The number of aliphatic carboxylic acids is 1. The van der Waals surface area contributed by atoms with Gasteiger partial charge in [0, 0.05) is 12.8 Å². The number of ether oxygens (including phenoxy) is 4. The lowest BCUT2D eigenvalue weighted by molar-refractivity contribution is -0.870. The lowest BCUT2D eigenvalue weighted by atomic mass is 10.0. The number of rotatable bonds is 62. The summed E-state index contributed by atoms with van der Waals surface area (Å²) < 4.78 is 22.9. The maximum atomic E-state index is 12.9. The molecule has 0 aliphatic heterocycles. The molecule has 492 valence electrons. The zero-order valence-electron chi connectivity index (χ0n) is 56.1. The highest BCUT2D eigenvalue weighted by atomic mass is 16.7. The molecule has 0 fully saturated rings. The van der Waals surface area contributed by atoms with Crippen molar-refractivity contribution in [1.82, 2.24) is 0 Å². The Morgan fingerprint density at radius 3 is 0.920 bits per heavy atom. The first-order chi connectivity index (χ1) is 42.6. The number of carbonyl (C=O) groups excluding carboxylic acids is 2. The minimum Gasteiger partial charge on any atom is -0.477 e. The van der Waals surface area contributed by atoms with Crippen molar-refractivity contribution in [1.29, 1.82) is 0 Å². The second-order valence-electron chi connectivity index (χ2n) is 23.7. The number of hydrogen-bond donors (Lipinski definition) is 1. The third kappa shape index (κ3) is 68.3. The topological polar surface area (TPSA) is 108 Å². The molecule has 0 saturated carbocycles. The minimum atomic E-state index is -1.53. The number of allylic oxidation sites excluding steroid dienone is 26. The highest BCUT2D eigenvalue weighted by Crippen LogP contribution is 2.16. The average molecular weight is 1210 g/mol. The van der Waals surface area contributed by atoms with E-state index in [0.29, 0.717) is 17.4 Å². The highest BCUT2D eigenvalue weighted by molar-refractivity contribution is 5.71. The summed E-state index contributed by atoms with van der Waals surface area (Å²) in [7, 11) is 5.96. The summed E-state index contributed by atoms with van der Waals surface area (Å²) in [6.07, 6.45) is 96.3. The molecule has 2 unspecified atom stereocenters. The summed E-state index contributed by atoms with van der Waals surface area (Å²) in [5.74, 6) is -2.04. The Kier molecular flexibility index (Phi) is 62.9. The van der Waals surface area contributed by atoms with Gasteiger partial charge in [-0.25, -0.2) is 4.79 Å². The summed E-state index contributed by atoms with van der Waals surface area (Å²) in [6, 6.07) is 0. The van der Waals surface area contributed by atoms with Gasteiger partial charge < -0.3 is 28.5 Å². The molecule has 0 aromatic heterocycles. The monoisotopic (exact) mass is 1210 g/mol. The van der Waals surface area contributed by atoms with Gasteiger partial charge in [-0.05, 0) is 122 Å². The molecule has 1 N–H and O–H groups in total. The number of quaternary nitrogens is 1. The van der Waals surface area contributed by atoms with Crippen molar-refractivity contribution in [2.45, 2.75) is 270 Å². The van der Waals surface area contributed by atoms with Gasteiger partial charge in [0.05, 0.1) is 34.4 Å². The summed E-state index contributed by atoms with van der Waals surface area (Å²) in [5, 5.41) is 9.74. The van der Waals surface area contributed by atoms with Gasteiger partial charge in [-0.3, -0.25) is 9.59 Å². The molecule has 0 radical (unpaired) electrons. The fourth-order valence-corrected chi connectivity index (χ4v) is 9.06. The van der Waals surface area contributed by atoms with E-state index in [-0.39, 0.29) is 38.6 Å². The molecule has 2 atom stereocenters. The van der Waals surface area contributed by atoms with Gasteiger partial charge in [-0.2, -0.15) is 0 Å². The summed E-state index contributed by atoms with van der Waals surface area (Å²) in [4.78, 5) is 37.6. The van der Waals surface area contributed by atoms with Crippen LogP contribution in [0.25, 0.3) is 0 Å². The number of unbranched alkanes of at least 4 members (excludes halogenated alkanes) is 21. The second kappa shape index (κ2) is 66.9. The zero-order chi connectivity index (χ0) is 63.3. The van der Waals surface area contributed by atoms with E-state index in [1.54, 1.807) is 0 Å². The molecule has 0 bridgehead atoms. The second-order valence-corrected chi connectivity index (χ2v) is 23.7. The van der Waals surface area contributed by atoms with Crippen LogP contribution in [0.15, 0.2) is 158 Å². The van der Waals surface area contributed by atoms with Crippen LogP contribution in [0.5, 0.6) is 0 Å². The molecule has 9 heteroatoms. The van der Waals surface area contributed by atoms with Gasteiger partial charge in [-0.15, -0.1) is 0 Å². The van der Waals surface area contributed by atoms with Crippen molar-refractivity contribution in [3.63, 3.8) is 0 Å². The van der Waals surface area contributed by atoms with Crippen molar-refractivity contribution >= 4 is 17.9 Å². The van der Waals surface area contributed by atoms with Crippen LogP contribution in [0.3, 0.4) is 0 Å². The lowest BCUT2D eigenvalue weighted by Gasteiger charge is -2.25. The Morgan fingerprint density at radius 1 is 0.345 bits per heavy atom. The van der Waals surface area contributed by atoms with Crippen LogP contribution in [0, 0.1) is 0 Å². The number of nitrogens with zero attached hydrogens (tertiary/aromatic N) is 1. The van der Waals surface area contributed by atoms with Crippen LogP contribution in [0.4, 0.5) is 0 Å². The zero-order valence-corrected chi connectivity index (χ0v) is 56.1. The Morgan fingerprint density at radius 2 is 0.621 bits per heavy atom. The molecule has 0 aliphatic rings. The Hall–Kier alpha value is -5.09. The van der Waals surface area contributed by atoms with E-state index in [0.717, 1.165) is 135 Å². The molecule has 0 rings (SSSR count). The largest absolute Gasteiger partial charge is 0.477 e. The number of carboxylic acids is 1. The standard InChI is InChI=1S/C78H127NO8/c1-6-8-10-12-14-16-18-20-22-24-26-28-30-32-34-35-36-37-38-39-40-41-43-44-46-48-50-52-54-56-58-60-62-64-66-68-75(80)85-72-74(73-86-78(77(82)83)84-71-70-79(3,4)5)87-76(81)69-67-65-63-61-59-57-55-53-51-49-47-45-42-33-31-29-27-25-23-21-19-17-15-13-11-9-7-2/h8-11,14-17,20-23,26-29,32-34,36-37,42,47,49,53,55,74,78H,6-7,12-13,18-19,24-25,30-31,35,38-41,43-46,48,50-52,54,56-73H2,1-5H3/p+1/b10-8-,11-9-,16-14-,17-15-,22-20-,23-21-,28-26-,29-27-,34-32-,37-36-,42-33-,49-47-,55-53-. The van der Waals surface area contributed by atoms with Crippen LogP contribution in [0.2, 0.25) is 0 Å². The molecule has 87 heavy (non-hydrogen) atoms. The third-order valence-corrected chi connectivity index (χ3v) is 14.3. The SMILES string of the molecule is CC/C=C\C/C=C\C/C=C\C/C=C\C/C=C\C/C=C\C/C=C\CCCCCCCC(=O)OC(COC(=O)CCCCCCCCCCCCCCCCCC/C=C\C/C=C\C/C=C\C/C=C\C/C=C\C/C=C\CC)COC(OCC[N+](C)(C)C)C(=O)O. The van der Waals surface area contributed by atoms with Gasteiger partial charge >= 0.3 is 17.9 Å². The van der Waals surface area contributed by atoms with E-state index in [2.05, 4.69) is 172 Å². The molecule has 0 saturated heterocycles. The molecule has 0 aromatic rings. The molecule has 0 heterocycles. The molecule has 0 spiro atoms. The Balaban J connectivity index is 4.18. The van der Waals surface area contributed by atoms with E-state index in [1.807, 2.05) is 21.1 Å². The molecular weight excluding hydrogens is 1080 g/mol. The highest BCUT2D eigenvalue weighted by Gasteiger charge is 2.25. The van der Waals surface area contributed by atoms with Gasteiger partial charge in [0.25, 0.3) is 6.29 Å². The predicted octanol–water partition coefficient (Wildman–Crippen LogP) is 21.7. The molecule has 9 nitrogen and oxygen atoms in total. The summed E-state index contributed by atoms with van der Waals surface area (Å²) in [6.45, 7) is 4.62. The fraction of sp³-hybridized carbons (Fsp3) is 0.628. The van der Waals surface area contributed by atoms with Crippen LogP contribution >= 0.6 is 0 Å². The number of carboxylic acid groups (broad SMARTS) is 1. The van der Waals surface area contributed by atoms with Crippen LogP contribution in [0.1, 0.15) is 258 Å². The molecule has 0 amide bonds. The van der Waals surface area contributed by atoms with Crippen LogP contribution in [-0.2, 0) is 33.3 Å². The molecular formula is C78H128NO8+. The summed E-state index contributed by atoms with van der Waals surface area (Å²) in [5.41, 5.74) is 0. The maximum absolute atomic E-state index is 12.9. The first-order valence-corrected chi connectivity index (χ1v) is 34.6. The van der Waals surface area contributed by atoms with Crippen molar-refractivity contribution < 1.29 is 42.9 Å².